The molecule has 0 aromatic carbocycles. The Morgan fingerprint density at radius 1 is 1.60 bits per heavy atom. The third-order valence-corrected chi connectivity index (χ3v) is 1.23. The second-order valence-electron chi connectivity index (χ2n) is 1.98. The molecule has 0 unspecified atom stereocenters. The first-order chi connectivity index (χ1) is 4.74. The van der Waals surface area contributed by atoms with E-state index < -0.39 is 0 Å². The third kappa shape index (κ3) is 2.94. The molecule has 0 atom stereocenters. The van der Waals surface area contributed by atoms with Gasteiger partial charge in [0.05, 0.1) is 0 Å². The maximum atomic E-state index is 5.17. The van der Waals surface area contributed by atoms with Gasteiger partial charge >= 0.3 is 0 Å². The van der Waals surface area contributed by atoms with Crippen molar-refractivity contribution in [3.05, 3.63) is 36.0 Å². The normalized spacial score (nSPS) is 12.5. The molecule has 52 valence electrons. The number of hydrogen-bond acceptors (Lipinski definition) is 0. The Morgan fingerprint density at radius 3 is 2.50 bits per heavy atom. The van der Waals surface area contributed by atoms with E-state index in [1.165, 1.54) is 0 Å². The molecule has 0 aliphatic carbocycles. The van der Waals surface area contributed by atoms with Crippen molar-refractivity contribution in [2.75, 3.05) is 0 Å². The van der Waals surface area contributed by atoms with E-state index in [-0.39, 0.29) is 0 Å². The lowest BCUT2D eigenvalue weighted by Crippen LogP contribution is -1.72. The Labute approximate surface area is 63.0 Å². The van der Waals surface area contributed by atoms with Gasteiger partial charge in [-0.25, -0.2) is 0 Å². The summed E-state index contributed by atoms with van der Waals surface area (Å²) in [5.74, 6) is 2.52. The fourth-order valence-electron chi connectivity index (χ4n) is 0.488. The van der Waals surface area contributed by atoms with Crippen LogP contribution in [0.3, 0.4) is 0 Å². The summed E-state index contributed by atoms with van der Waals surface area (Å²) in [5.41, 5.74) is 1.99. The summed E-state index contributed by atoms with van der Waals surface area (Å²) in [6.45, 7) is 7.56. The first-order valence-electron chi connectivity index (χ1n) is 3.18. The monoisotopic (exact) mass is 132 g/mol. The lowest BCUT2D eigenvalue weighted by Gasteiger charge is -1.89. The zero-order valence-electron chi connectivity index (χ0n) is 6.52. The van der Waals surface area contributed by atoms with E-state index >= 15 is 0 Å². The second kappa shape index (κ2) is 4.64. The number of terminal acetylenes is 1. The number of hydrogen-bond donors (Lipinski definition) is 0. The minimum Gasteiger partial charge on any atom is -0.115 e. The van der Waals surface area contributed by atoms with Gasteiger partial charge in [0, 0.05) is 5.57 Å². The van der Waals surface area contributed by atoms with Crippen molar-refractivity contribution in [2.45, 2.75) is 13.8 Å². The molecule has 0 spiro atoms. The summed E-state index contributed by atoms with van der Waals surface area (Å²) in [5, 5.41) is 0. The molecule has 0 saturated carbocycles. The first kappa shape index (κ1) is 8.78. The zero-order valence-corrected chi connectivity index (χ0v) is 6.52. The highest BCUT2D eigenvalue weighted by atomic mass is 13.9. The molecule has 0 rings (SSSR count). The summed E-state index contributed by atoms with van der Waals surface area (Å²) in [6, 6.07) is 0. The standard InChI is InChI=1S/C10H12/c1-5-9(4)8-10(6-2)7-3/h2,5,7-8H,3H2,1,4H3/b9-5-,10-8+. The van der Waals surface area contributed by atoms with Crippen molar-refractivity contribution in [1.29, 1.82) is 0 Å². The van der Waals surface area contributed by atoms with Gasteiger partial charge < -0.3 is 0 Å². The van der Waals surface area contributed by atoms with E-state index in [1.807, 2.05) is 26.0 Å². The smallest absolute Gasteiger partial charge is 0.0239 e. The lowest BCUT2D eigenvalue weighted by atomic mass is 10.2. The maximum Gasteiger partial charge on any atom is 0.0239 e. The van der Waals surface area contributed by atoms with E-state index in [4.69, 9.17) is 6.42 Å². The molecule has 0 heterocycles. The largest absolute Gasteiger partial charge is 0.115 e. The number of allylic oxidation sites excluding steroid dienone is 5. The average Bonchev–Trinajstić information content (AvgIpc) is 1.99. The predicted molar refractivity (Wildman–Crippen MR) is 46.5 cm³/mol. The Bertz CT molecular complexity index is 209. The number of rotatable bonds is 2. The van der Waals surface area contributed by atoms with Crippen molar-refractivity contribution < 1.29 is 0 Å². The van der Waals surface area contributed by atoms with Crippen LogP contribution in [-0.4, -0.2) is 0 Å². The molecule has 0 saturated heterocycles. The molecule has 0 N–H and O–H groups in total. The van der Waals surface area contributed by atoms with Gasteiger partial charge in [0.2, 0.25) is 0 Å². The van der Waals surface area contributed by atoms with Crippen molar-refractivity contribution >= 4 is 0 Å². The Kier molecular flexibility index (Phi) is 4.07. The van der Waals surface area contributed by atoms with Gasteiger partial charge in [0.1, 0.15) is 0 Å². The Morgan fingerprint density at radius 2 is 2.20 bits per heavy atom. The van der Waals surface area contributed by atoms with Gasteiger partial charge in [-0.3, -0.25) is 0 Å². The van der Waals surface area contributed by atoms with Crippen LogP contribution >= 0.6 is 0 Å². The summed E-state index contributed by atoms with van der Waals surface area (Å²) in [6.07, 6.45) is 10.8. The van der Waals surface area contributed by atoms with Crippen molar-refractivity contribution in [1.82, 2.24) is 0 Å². The molecule has 0 radical (unpaired) electrons. The highest BCUT2D eigenvalue weighted by Gasteiger charge is 1.83. The molecule has 0 amide bonds. The summed E-state index contributed by atoms with van der Waals surface area (Å²) < 4.78 is 0. The Hall–Kier alpha value is -1.22. The quantitative estimate of drug-likeness (QED) is 0.400. The molecule has 0 aliphatic heterocycles. The van der Waals surface area contributed by atoms with E-state index in [2.05, 4.69) is 12.5 Å². The van der Waals surface area contributed by atoms with Gasteiger partial charge in [-0.2, -0.15) is 0 Å². The molecule has 0 aromatic heterocycles. The van der Waals surface area contributed by atoms with Crippen LogP contribution in [0.1, 0.15) is 13.8 Å². The minimum atomic E-state index is 0.829. The SMILES string of the molecule is C#C/C(C=C)=C\C(C)=C/C. The van der Waals surface area contributed by atoms with Crippen LogP contribution in [-0.2, 0) is 0 Å². The molecule has 0 aromatic rings. The van der Waals surface area contributed by atoms with E-state index in [9.17, 15) is 0 Å². The highest BCUT2D eigenvalue weighted by molar-refractivity contribution is 5.40. The molecule has 0 fully saturated rings. The fraction of sp³-hybridized carbons (Fsp3) is 0.200. The van der Waals surface area contributed by atoms with Crippen LogP contribution in [0.5, 0.6) is 0 Å². The Balaban J connectivity index is 4.44. The van der Waals surface area contributed by atoms with Crippen LogP contribution in [0.2, 0.25) is 0 Å². The van der Waals surface area contributed by atoms with Gasteiger partial charge in [-0.05, 0) is 19.9 Å². The van der Waals surface area contributed by atoms with E-state index in [0.717, 1.165) is 11.1 Å². The van der Waals surface area contributed by atoms with Crippen LogP contribution in [0.4, 0.5) is 0 Å². The maximum absolute atomic E-state index is 5.17. The zero-order chi connectivity index (χ0) is 7.98. The molecule has 0 nitrogen and oxygen atoms in total. The molecular formula is C10H12. The van der Waals surface area contributed by atoms with Gasteiger partial charge in [0.25, 0.3) is 0 Å². The van der Waals surface area contributed by atoms with Crippen LogP contribution < -0.4 is 0 Å². The van der Waals surface area contributed by atoms with Crippen molar-refractivity contribution in [3.8, 4) is 12.3 Å². The van der Waals surface area contributed by atoms with Crippen LogP contribution in [0.15, 0.2) is 36.0 Å². The second-order valence-corrected chi connectivity index (χ2v) is 1.98. The summed E-state index contributed by atoms with van der Waals surface area (Å²) in [7, 11) is 0. The molecular weight excluding hydrogens is 120 g/mol. The predicted octanol–water partition coefficient (Wildman–Crippen LogP) is 2.70. The molecule has 10 heavy (non-hydrogen) atoms. The van der Waals surface area contributed by atoms with Gasteiger partial charge in [-0.1, -0.05) is 30.2 Å². The average molecular weight is 132 g/mol. The highest BCUT2D eigenvalue weighted by Crippen LogP contribution is 2.00. The van der Waals surface area contributed by atoms with Crippen molar-refractivity contribution in [2.24, 2.45) is 0 Å². The topological polar surface area (TPSA) is 0 Å². The van der Waals surface area contributed by atoms with Crippen molar-refractivity contribution in [3.63, 3.8) is 0 Å². The van der Waals surface area contributed by atoms with E-state index in [0.29, 0.717) is 0 Å². The fourth-order valence-corrected chi connectivity index (χ4v) is 0.488. The lowest BCUT2D eigenvalue weighted by molar-refractivity contribution is 1.46. The van der Waals surface area contributed by atoms with Gasteiger partial charge in [0.15, 0.2) is 0 Å². The molecule has 0 bridgehead atoms. The van der Waals surface area contributed by atoms with Gasteiger partial charge in [-0.15, -0.1) is 6.42 Å². The van der Waals surface area contributed by atoms with E-state index in [1.54, 1.807) is 6.08 Å². The third-order valence-electron chi connectivity index (χ3n) is 1.23. The minimum absolute atomic E-state index is 0.829. The van der Waals surface area contributed by atoms with Crippen LogP contribution in [0.25, 0.3) is 0 Å². The molecule has 0 aliphatic rings. The molecule has 0 heteroatoms. The summed E-state index contributed by atoms with van der Waals surface area (Å²) in [4.78, 5) is 0. The van der Waals surface area contributed by atoms with Crippen LogP contribution in [0, 0.1) is 12.3 Å². The summed E-state index contributed by atoms with van der Waals surface area (Å²) >= 11 is 0. The first-order valence-corrected chi connectivity index (χ1v) is 3.18.